The van der Waals surface area contributed by atoms with Crippen LogP contribution >= 0.6 is 15.9 Å². The van der Waals surface area contributed by atoms with Gasteiger partial charge in [-0.25, -0.2) is 48.9 Å². The smallest absolute Gasteiger partial charge is 0.410 e. The fourth-order valence-corrected chi connectivity index (χ4v) is 11.9. The molecule has 0 spiro atoms. The SMILES string of the molecule is CCN(Cc1nc2c(N)nc3cc(-n4cccn4)ccc3c2n1CC)C(=O)OC(C)(C)C.CCN(Cc1nc2c(N)nc3cc(Br)ccc3c2n1CC)C(=O)OC(C)(C)C.CCNCc1nc2c(N)nc3cc(-n4cccn4)ccc3c2n1CC.N[C@H]1CCCC[C@@H]1N.c1cn[nH]c1. The fourth-order valence-electron chi connectivity index (χ4n) is 11.6. The molecule has 2 amide bonds. The number of halogens is 1. The zero-order valence-electron chi connectivity index (χ0n) is 58.3. The van der Waals surface area contributed by atoms with Crippen LogP contribution in [0.4, 0.5) is 27.0 Å². The number of H-pyrrole nitrogens is 1. The second-order valence-corrected chi connectivity index (χ2v) is 26.4. The number of hydrogen-bond donors (Lipinski definition) is 7. The average molecular weight is 1400 g/mol. The molecule has 520 valence electrons. The largest absolute Gasteiger partial charge is 0.444 e. The van der Waals surface area contributed by atoms with Gasteiger partial charge in [-0.05, 0) is 168 Å². The molecular weight excluding hydrogens is 1310 g/mol. The summed E-state index contributed by atoms with van der Waals surface area (Å²) in [5, 5.41) is 21.1. The first-order valence-corrected chi connectivity index (χ1v) is 34.2. The Morgan fingerprint density at radius 3 is 1.32 bits per heavy atom. The van der Waals surface area contributed by atoms with Gasteiger partial charge in [-0.2, -0.15) is 15.3 Å². The van der Waals surface area contributed by atoms with Gasteiger partial charge in [-0.15, -0.1) is 0 Å². The summed E-state index contributed by atoms with van der Waals surface area (Å²) in [5.41, 5.74) is 38.2. The molecule has 1 fully saturated rings. The molecule has 0 saturated heterocycles. The van der Waals surface area contributed by atoms with Crippen molar-refractivity contribution in [2.45, 2.75) is 171 Å². The molecule has 1 aliphatic carbocycles. The van der Waals surface area contributed by atoms with Gasteiger partial charge in [0.1, 0.15) is 45.2 Å². The van der Waals surface area contributed by atoms with Crippen LogP contribution in [-0.2, 0) is 48.7 Å². The molecular formula is C70H94BrN23O4. The molecule has 27 nitrogen and oxygen atoms in total. The van der Waals surface area contributed by atoms with Gasteiger partial charge in [-0.1, -0.05) is 35.7 Å². The maximum atomic E-state index is 12.7. The lowest BCUT2D eigenvalue weighted by atomic mass is 9.92. The number of hydrogen-bond acceptors (Lipinski definition) is 19. The zero-order valence-corrected chi connectivity index (χ0v) is 59.9. The lowest BCUT2D eigenvalue weighted by Crippen LogP contribution is -2.43. The predicted molar refractivity (Wildman–Crippen MR) is 392 cm³/mol. The van der Waals surface area contributed by atoms with Crippen molar-refractivity contribution in [2.75, 3.05) is 36.8 Å². The second-order valence-electron chi connectivity index (χ2n) is 25.5. The number of benzene rings is 3. The van der Waals surface area contributed by atoms with Crippen LogP contribution in [0.15, 0.2) is 114 Å². The number of nitrogens with two attached hydrogens (primary N) is 5. The Kier molecular flexibility index (Phi) is 23.7. The monoisotopic (exact) mass is 1400 g/mol. The molecule has 3 aromatic carbocycles. The third-order valence-corrected chi connectivity index (χ3v) is 16.8. The number of nitrogen functional groups attached to an aromatic ring is 3. The van der Waals surface area contributed by atoms with Crippen LogP contribution in [0, 0.1) is 0 Å². The number of carbonyl (C=O) groups is 2. The summed E-state index contributed by atoms with van der Waals surface area (Å²) in [6.07, 6.45) is 14.8. The quantitative estimate of drug-likeness (QED) is 0.0532. The number of ether oxygens (including phenoxy) is 2. The third-order valence-electron chi connectivity index (χ3n) is 16.3. The molecule has 0 aliphatic heterocycles. The first-order chi connectivity index (χ1) is 46.9. The summed E-state index contributed by atoms with van der Waals surface area (Å²) in [6.45, 7) is 28.8. The number of nitrogens with zero attached hydrogens (tertiary/aromatic N) is 16. The molecule has 9 aromatic heterocycles. The third kappa shape index (κ3) is 17.1. The number of aromatic amines is 1. The van der Waals surface area contributed by atoms with E-state index in [1.807, 2.05) is 139 Å². The van der Waals surface area contributed by atoms with Crippen LogP contribution in [0.25, 0.3) is 77.2 Å². The van der Waals surface area contributed by atoms with E-state index in [1.165, 1.54) is 12.8 Å². The van der Waals surface area contributed by atoms with E-state index in [0.717, 1.165) is 114 Å². The topological polar surface area (TPSA) is 358 Å². The Labute approximate surface area is 579 Å². The summed E-state index contributed by atoms with van der Waals surface area (Å²) < 4.78 is 22.0. The van der Waals surface area contributed by atoms with Gasteiger partial charge < -0.3 is 67.0 Å². The van der Waals surface area contributed by atoms with Crippen LogP contribution in [0.5, 0.6) is 0 Å². The molecule has 13 rings (SSSR count). The van der Waals surface area contributed by atoms with Crippen molar-refractivity contribution < 1.29 is 19.1 Å². The molecule has 12 N–H and O–H groups in total. The lowest BCUT2D eigenvalue weighted by Gasteiger charge is -2.26. The minimum atomic E-state index is -0.563. The van der Waals surface area contributed by atoms with Crippen molar-refractivity contribution in [3.05, 3.63) is 132 Å². The van der Waals surface area contributed by atoms with Gasteiger partial charge in [0, 0.05) is 103 Å². The van der Waals surface area contributed by atoms with Crippen molar-refractivity contribution in [1.29, 1.82) is 0 Å². The number of anilines is 3. The van der Waals surface area contributed by atoms with E-state index < -0.39 is 11.2 Å². The highest BCUT2D eigenvalue weighted by Crippen LogP contribution is 2.34. The standard InChI is InChI=1S/C23H29N7O2.C20H26BrN5O2.C18H21N7.C6H14N2.C3H4N2/c1-6-28(22(31)32-23(3,4)5)14-18-27-19-20(29(18)7-2)16-10-9-15(30-12-8-11-25-30)13-17(16)26-21(19)24;1-6-25(19(27)28-20(3,4)5)11-15-24-16-17(26(15)7-2)13-9-8-12(21)10-14(13)23-18(16)22;1-3-20-11-15-23-16-17(24(15)4-2)13-7-6-12(25-9-5-8-21-25)10-14(13)22-18(16)19;7-5-3-1-2-4-6(5)8;1-2-4-5-3-1/h8-13H,6-7,14H2,1-5H3,(H2,24,26);8-10H,6-7,11H2,1-5H3,(H2,22,23);5-10,20H,3-4,11H2,1-2H3,(H2,19,22);5-6H,1-4,7-8H2;1-3H,(H,4,5)/t;;;5-,6-;/m...0./s1. The van der Waals surface area contributed by atoms with Gasteiger partial charge in [0.15, 0.2) is 17.5 Å². The molecule has 1 aliphatic rings. The van der Waals surface area contributed by atoms with Gasteiger partial charge in [0.2, 0.25) is 0 Å². The summed E-state index contributed by atoms with van der Waals surface area (Å²) >= 11 is 3.48. The van der Waals surface area contributed by atoms with E-state index in [0.29, 0.717) is 74.3 Å². The molecule has 1 saturated carbocycles. The highest BCUT2D eigenvalue weighted by molar-refractivity contribution is 9.10. The highest BCUT2D eigenvalue weighted by Gasteiger charge is 2.27. The molecule has 0 unspecified atom stereocenters. The van der Waals surface area contributed by atoms with Crippen LogP contribution in [0.3, 0.4) is 0 Å². The van der Waals surface area contributed by atoms with E-state index in [4.69, 9.17) is 53.1 Å². The van der Waals surface area contributed by atoms with Gasteiger partial charge in [0.05, 0.1) is 64.1 Å². The molecule has 98 heavy (non-hydrogen) atoms. The lowest BCUT2D eigenvalue weighted by molar-refractivity contribution is 0.0228. The number of rotatable bonds is 14. The normalized spacial score (nSPS) is 13.9. The van der Waals surface area contributed by atoms with Gasteiger partial charge in [0.25, 0.3) is 0 Å². The van der Waals surface area contributed by atoms with E-state index in [9.17, 15) is 9.59 Å². The first-order valence-electron chi connectivity index (χ1n) is 33.4. The highest BCUT2D eigenvalue weighted by atomic mass is 79.9. The zero-order chi connectivity index (χ0) is 70.6. The minimum absolute atomic E-state index is 0.281. The Hall–Kier alpha value is -9.77. The van der Waals surface area contributed by atoms with Crippen molar-refractivity contribution in [1.82, 2.24) is 88.5 Å². The number of carbonyl (C=O) groups excluding carboxylic acids is 2. The fraction of sp³-hybridized carbons (Fsp3) is 0.414. The minimum Gasteiger partial charge on any atom is -0.444 e. The van der Waals surface area contributed by atoms with E-state index in [1.54, 1.807) is 39.3 Å². The predicted octanol–water partition coefficient (Wildman–Crippen LogP) is 11.9. The number of imidazole rings is 3. The molecule has 28 heteroatoms. The summed E-state index contributed by atoms with van der Waals surface area (Å²) in [7, 11) is 0. The molecule has 12 aromatic rings. The van der Waals surface area contributed by atoms with Crippen molar-refractivity contribution in [3.63, 3.8) is 0 Å². The summed E-state index contributed by atoms with van der Waals surface area (Å²) in [5.74, 6) is 3.69. The van der Waals surface area contributed by atoms with Gasteiger partial charge >= 0.3 is 12.2 Å². The Bertz CT molecular complexity index is 4600. The van der Waals surface area contributed by atoms with Gasteiger partial charge in [-0.3, -0.25) is 5.10 Å². The van der Waals surface area contributed by atoms with Crippen molar-refractivity contribution >= 4 is 111 Å². The van der Waals surface area contributed by atoms with Crippen LogP contribution in [-0.4, -0.2) is 138 Å². The maximum absolute atomic E-state index is 12.7. The van der Waals surface area contributed by atoms with Crippen molar-refractivity contribution in [2.24, 2.45) is 11.5 Å². The molecule has 2 atom stereocenters. The molecule has 0 bridgehead atoms. The average Bonchev–Trinajstić information content (AvgIpc) is 1.58. The number of aromatic nitrogens is 15. The number of fused-ring (bicyclic) bond motifs is 9. The number of aryl methyl sites for hydroxylation is 3. The molecule has 9 heterocycles. The van der Waals surface area contributed by atoms with E-state index in [2.05, 4.69) is 104 Å². The molecule has 0 radical (unpaired) electrons. The van der Waals surface area contributed by atoms with E-state index >= 15 is 0 Å². The maximum Gasteiger partial charge on any atom is 0.410 e. The van der Waals surface area contributed by atoms with Crippen molar-refractivity contribution in [3.8, 4) is 11.4 Å². The second kappa shape index (κ2) is 32.1. The summed E-state index contributed by atoms with van der Waals surface area (Å²) in [6, 6.07) is 24.2. The first kappa shape index (κ1) is 72.5. The number of amides is 2. The number of nitrogens with one attached hydrogen (secondary N) is 2. The van der Waals surface area contributed by atoms with E-state index in [-0.39, 0.29) is 24.3 Å². The Morgan fingerprint density at radius 1 is 0.571 bits per heavy atom. The van der Waals surface area contributed by atoms with Crippen LogP contribution < -0.4 is 34.0 Å². The van der Waals surface area contributed by atoms with Crippen LogP contribution in [0.1, 0.15) is 126 Å². The van der Waals surface area contributed by atoms with Crippen LogP contribution in [0.2, 0.25) is 0 Å². The number of pyridine rings is 3. The summed E-state index contributed by atoms with van der Waals surface area (Å²) in [4.78, 5) is 56.4. The Morgan fingerprint density at radius 2 is 0.980 bits per heavy atom. The Balaban J connectivity index is 0.000000157.